The number of nitrogens with zero attached hydrogens (tertiary/aromatic N) is 5. The Bertz CT molecular complexity index is 1230. The van der Waals surface area contributed by atoms with E-state index in [4.69, 9.17) is 5.73 Å². The van der Waals surface area contributed by atoms with Crippen molar-refractivity contribution in [2.45, 2.75) is 6.42 Å². The SMILES string of the molecule is Nc1cc(Cc2cnn(-c3cccc4ccccc34)c2)c2n[nH]nc2n1. The Balaban J connectivity index is 1.55. The van der Waals surface area contributed by atoms with Crippen LogP contribution in [0.3, 0.4) is 0 Å². The number of hydrogen-bond acceptors (Lipinski definition) is 5. The molecule has 0 aliphatic carbocycles. The lowest BCUT2D eigenvalue weighted by Crippen LogP contribution is -1.97. The van der Waals surface area contributed by atoms with Crippen LogP contribution in [0.15, 0.2) is 60.9 Å². The maximum absolute atomic E-state index is 5.88. The highest BCUT2D eigenvalue weighted by Gasteiger charge is 2.11. The van der Waals surface area contributed by atoms with Crippen LogP contribution in [0.25, 0.3) is 27.6 Å². The van der Waals surface area contributed by atoms with Crippen molar-refractivity contribution in [2.24, 2.45) is 0 Å². The van der Waals surface area contributed by atoms with E-state index < -0.39 is 0 Å². The maximum Gasteiger partial charge on any atom is 0.203 e. The Labute approximate surface area is 148 Å². The monoisotopic (exact) mass is 341 g/mol. The molecular formula is C19H15N7. The molecule has 3 heterocycles. The third-order valence-corrected chi connectivity index (χ3v) is 4.43. The summed E-state index contributed by atoms with van der Waals surface area (Å²) in [5, 5.41) is 17.7. The summed E-state index contributed by atoms with van der Waals surface area (Å²) in [4.78, 5) is 4.18. The van der Waals surface area contributed by atoms with Gasteiger partial charge in [0, 0.05) is 18.0 Å². The molecule has 7 nitrogen and oxygen atoms in total. The standard InChI is InChI=1S/C19H15N7/c20-17-9-14(18-19(22-17)24-25-23-18)8-12-10-21-26(11-12)16-7-3-5-13-4-1-2-6-15(13)16/h1-7,9-11H,8H2,(H3,20,22,23,24,25). The van der Waals surface area contributed by atoms with Crippen LogP contribution in [0.4, 0.5) is 5.82 Å². The van der Waals surface area contributed by atoms with E-state index in [1.54, 1.807) is 0 Å². The molecule has 3 N–H and O–H groups in total. The second-order valence-electron chi connectivity index (χ2n) is 6.17. The van der Waals surface area contributed by atoms with E-state index in [9.17, 15) is 0 Å². The van der Waals surface area contributed by atoms with Crippen molar-refractivity contribution in [3.05, 3.63) is 72.1 Å². The molecule has 3 aromatic heterocycles. The molecule has 0 fully saturated rings. The summed E-state index contributed by atoms with van der Waals surface area (Å²) in [6.45, 7) is 0. The van der Waals surface area contributed by atoms with Crippen molar-refractivity contribution < 1.29 is 0 Å². The number of anilines is 1. The summed E-state index contributed by atoms with van der Waals surface area (Å²) in [7, 11) is 0. The van der Waals surface area contributed by atoms with Crippen molar-refractivity contribution >= 4 is 27.8 Å². The van der Waals surface area contributed by atoms with Gasteiger partial charge >= 0.3 is 0 Å². The largest absolute Gasteiger partial charge is 0.384 e. The zero-order chi connectivity index (χ0) is 17.5. The van der Waals surface area contributed by atoms with Crippen LogP contribution in [0.1, 0.15) is 11.1 Å². The van der Waals surface area contributed by atoms with Crippen LogP contribution in [0.2, 0.25) is 0 Å². The smallest absolute Gasteiger partial charge is 0.203 e. The fourth-order valence-corrected chi connectivity index (χ4v) is 3.27. The number of nitrogen functional groups attached to an aromatic ring is 1. The minimum Gasteiger partial charge on any atom is -0.384 e. The molecule has 7 heteroatoms. The van der Waals surface area contributed by atoms with Crippen molar-refractivity contribution in [3.63, 3.8) is 0 Å². The highest BCUT2D eigenvalue weighted by molar-refractivity contribution is 5.90. The number of fused-ring (bicyclic) bond motifs is 2. The van der Waals surface area contributed by atoms with Crippen LogP contribution in [0.5, 0.6) is 0 Å². The first-order valence-corrected chi connectivity index (χ1v) is 8.25. The van der Waals surface area contributed by atoms with Crippen LogP contribution >= 0.6 is 0 Å². The summed E-state index contributed by atoms with van der Waals surface area (Å²) in [6.07, 6.45) is 4.55. The van der Waals surface area contributed by atoms with Gasteiger partial charge in [-0.2, -0.15) is 15.4 Å². The highest BCUT2D eigenvalue weighted by atomic mass is 15.3. The van der Waals surface area contributed by atoms with E-state index in [-0.39, 0.29) is 0 Å². The van der Waals surface area contributed by atoms with Crippen molar-refractivity contribution in [3.8, 4) is 5.69 Å². The van der Waals surface area contributed by atoms with E-state index in [0.717, 1.165) is 27.7 Å². The number of hydrogen-bond donors (Lipinski definition) is 2. The highest BCUT2D eigenvalue weighted by Crippen LogP contribution is 2.23. The van der Waals surface area contributed by atoms with E-state index >= 15 is 0 Å². The normalized spacial score (nSPS) is 11.4. The van der Waals surface area contributed by atoms with Gasteiger partial charge in [-0.25, -0.2) is 9.67 Å². The summed E-state index contributed by atoms with van der Waals surface area (Å²) in [5.74, 6) is 0.433. The average Bonchev–Trinajstić information content (AvgIpc) is 3.30. The molecule has 0 aliphatic rings. The number of nitrogens with one attached hydrogen (secondary N) is 1. The second-order valence-corrected chi connectivity index (χ2v) is 6.17. The van der Waals surface area contributed by atoms with Gasteiger partial charge < -0.3 is 5.73 Å². The Morgan fingerprint density at radius 2 is 1.92 bits per heavy atom. The molecule has 5 aromatic rings. The van der Waals surface area contributed by atoms with Gasteiger partial charge in [0.1, 0.15) is 11.3 Å². The van der Waals surface area contributed by atoms with Crippen molar-refractivity contribution in [1.82, 2.24) is 30.2 Å². The first kappa shape index (κ1) is 14.6. The summed E-state index contributed by atoms with van der Waals surface area (Å²) >= 11 is 0. The molecule has 0 saturated heterocycles. The summed E-state index contributed by atoms with van der Waals surface area (Å²) in [5.41, 5.74) is 10.2. The van der Waals surface area contributed by atoms with Gasteiger partial charge in [-0.15, -0.1) is 5.10 Å². The Hall–Kier alpha value is -3.74. The average molecular weight is 341 g/mol. The molecule has 0 unspecified atom stereocenters. The number of benzene rings is 2. The van der Waals surface area contributed by atoms with E-state index in [0.29, 0.717) is 17.9 Å². The lowest BCUT2D eigenvalue weighted by Gasteiger charge is -2.06. The molecule has 0 atom stereocenters. The van der Waals surface area contributed by atoms with E-state index in [2.05, 4.69) is 49.8 Å². The molecule has 126 valence electrons. The fraction of sp³-hybridized carbons (Fsp3) is 0.0526. The number of nitrogens with two attached hydrogens (primary N) is 1. The topological polar surface area (TPSA) is 98.3 Å². The molecular weight excluding hydrogens is 326 g/mol. The maximum atomic E-state index is 5.88. The molecule has 0 radical (unpaired) electrons. The molecule has 0 spiro atoms. The molecule has 0 aliphatic heterocycles. The number of H-pyrrole nitrogens is 1. The molecule has 0 saturated carbocycles. The van der Waals surface area contributed by atoms with Crippen LogP contribution in [-0.2, 0) is 6.42 Å². The minimum atomic E-state index is 0.433. The molecule has 0 amide bonds. The minimum absolute atomic E-state index is 0.433. The second kappa shape index (κ2) is 5.66. The van der Waals surface area contributed by atoms with Gasteiger partial charge in [-0.1, -0.05) is 36.4 Å². The number of aromatic amines is 1. The van der Waals surface area contributed by atoms with Gasteiger partial charge in [0.25, 0.3) is 0 Å². The predicted octanol–water partition coefficient (Wildman–Crippen LogP) is 2.86. The Morgan fingerprint density at radius 1 is 1.04 bits per heavy atom. The zero-order valence-corrected chi connectivity index (χ0v) is 13.8. The Morgan fingerprint density at radius 3 is 2.88 bits per heavy atom. The first-order valence-electron chi connectivity index (χ1n) is 8.25. The lowest BCUT2D eigenvalue weighted by atomic mass is 10.1. The van der Waals surface area contributed by atoms with Gasteiger partial charge in [0.2, 0.25) is 5.65 Å². The predicted molar refractivity (Wildman–Crippen MR) is 100.0 cm³/mol. The van der Waals surface area contributed by atoms with Crippen molar-refractivity contribution in [1.29, 1.82) is 0 Å². The van der Waals surface area contributed by atoms with Gasteiger partial charge in [0.05, 0.1) is 11.9 Å². The third kappa shape index (κ3) is 2.37. The van der Waals surface area contributed by atoms with Crippen LogP contribution in [-0.4, -0.2) is 30.2 Å². The van der Waals surface area contributed by atoms with E-state index in [1.807, 2.05) is 41.3 Å². The summed E-state index contributed by atoms with van der Waals surface area (Å²) in [6, 6.07) is 16.3. The third-order valence-electron chi connectivity index (χ3n) is 4.43. The van der Waals surface area contributed by atoms with Crippen LogP contribution < -0.4 is 5.73 Å². The van der Waals surface area contributed by atoms with Crippen molar-refractivity contribution in [2.75, 3.05) is 5.73 Å². The van der Waals surface area contributed by atoms with Gasteiger partial charge in [0.15, 0.2) is 0 Å². The molecule has 2 aromatic carbocycles. The number of pyridine rings is 1. The molecule has 26 heavy (non-hydrogen) atoms. The zero-order valence-electron chi connectivity index (χ0n) is 13.8. The van der Waals surface area contributed by atoms with Crippen LogP contribution in [0, 0.1) is 0 Å². The Kier molecular flexibility index (Phi) is 3.18. The number of rotatable bonds is 3. The molecule has 5 rings (SSSR count). The van der Waals surface area contributed by atoms with Gasteiger partial charge in [-0.3, -0.25) is 0 Å². The summed E-state index contributed by atoms with van der Waals surface area (Å²) < 4.78 is 1.90. The first-order chi connectivity index (χ1) is 12.8. The fourth-order valence-electron chi connectivity index (χ4n) is 3.27. The quantitative estimate of drug-likeness (QED) is 0.526. The van der Waals surface area contributed by atoms with E-state index in [1.165, 1.54) is 5.39 Å². The number of aromatic nitrogens is 6. The molecule has 0 bridgehead atoms. The van der Waals surface area contributed by atoms with Gasteiger partial charge in [-0.05, 0) is 28.6 Å². The lowest BCUT2D eigenvalue weighted by molar-refractivity contribution is 0.887.